The molecule has 6 atom stereocenters. The Morgan fingerprint density at radius 2 is 1.96 bits per heavy atom. The first-order valence-corrected chi connectivity index (χ1v) is 9.96. The highest BCUT2D eigenvalue weighted by atomic mass is 16.6. The third kappa shape index (κ3) is 2.74. The van der Waals surface area contributed by atoms with Gasteiger partial charge in [-0.15, -0.1) is 0 Å². The second-order valence-electron chi connectivity index (χ2n) is 9.59. The molecule has 1 spiro atoms. The van der Waals surface area contributed by atoms with Gasteiger partial charge in [0.1, 0.15) is 6.10 Å². The lowest BCUT2D eigenvalue weighted by Crippen LogP contribution is -2.58. The molecule has 0 aromatic carbocycles. The van der Waals surface area contributed by atoms with Crippen molar-refractivity contribution in [3.05, 3.63) is 11.6 Å². The van der Waals surface area contributed by atoms with Crippen molar-refractivity contribution in [1.29, 1.82) is 0 Å². The summed E-state index contributed by atoms with van der Waals surface area (Å²) >= 11 is 0. The van der Waals surface area contributed by atoms with E-state index in [1.807, 2.05) is 6.08 Å². The summed E-state index contributed by atoms with van der Waals surface area (Å²) in [6.07, 6.45) is 6.52. The smallest absolute Gasteiger partial charge is 0.336 e. The van der Waals surface area contributed by atoms with Gasteiger partial charge in [-0.2, -0.15) is 0 Å². The lowest BCUT2D eigenvalue weighted by Gasteiger charge is -2.60. The highest BCUT2D eigenvalue weighted by molar-refractivity contribution is 5.90. The number of hydrogen-bond acceptors (Lipinski definition) is 5. The molecule has 2 aliphatic heterocycles. The molecule has 2 saturated carbocycles. The zero-order valence-electron chi connectivity index (χ0n) is 16.4. The Morgan fingerprint density at radius 1 is 1.27 bits per heavy atom. The summed E-state index contributed by atoms with van der Waals surface area (Å²) in [4.78, 5) is 12.1. The van der Waals surface area contributed by atoms with Crippen molar-refractivity contribution < 1.29 is 24.1 Å². The van der Waals surface area contributed by atoms with E-state index in [9.17, 15) is 9.90 Å². The summed E-state index contributed by atoms with van der Waals surface area (Å²) in [5.41, 5.74) is 0.644. The van der Waals surface area contributed by atoms with Crippen molar-refractivity contribution in [3.8, 4) is 0 Å². The van der Waals surface area contributed by atoms with Gasteiger partial charge >= 0.3 is 5.97 Å². The number of epoxide rings is 2. The van der Waals surface area contributed by atoms with Gasteiger partial charge in [0.15, 0.2) is 0 Å². The first kappa shape index (κ1) is 18.5. The van der Waals surface area contributed by atoms with E-state index in [2.05, 4.69) is 20.8 Å². The van der Waals surface area contributed by atoms with Crippen LogP contribution in [-0.4, -0.2) is 49.2 Å². The molecule has 2 heterocycles. The molecule has 5 heteroatoms. The van der Waals surface area contributed by atoms with Gasteiger partial charge in [0.25, 0.3) is 0 Å². The van der Waals surface area contributed by atoms with Crippen LogP contribution < -0.4 is 0 Å². The van der Waals surface area contributed by atoms with Gasteiger partial charge in [-0.3, -0.25) is 0 Å². The van der Waals surface area contributed by atoms with E-state index in [0.29, 0.717) is 24.0 Å². The Balaban J connectivity index is 1.63. The fourth-order valence-corrected chi connectivity index (χ4v) is 6.22. The molecule has 0 aromatic rings. The van der Waals surface area contributed by atoms with Crippen LogP contribution in [0.25, 0.3) is 0 Å². The second-order valence-corrected chi connectivity index (χ2v) is 9.59. The molecule has 4 rings (SSSR count). The van der Waals surface area contributed by atoms with Gasteiger partial charge in [0.2, 0.25) is 0 Å². The van der Waals surface area contributed by atoms with Crippen LogP contribution in [0, 0.1) is 22.7 Å². The van der Waals surface area contributed by atoms with Crippen LogP contribution in [0.3, 0.4) is 0 Å². The van der Waals surface area contributed by atoms with E-state index in [-0.39, 0.29) is 34.6 Å². The van der Waals surface area contributed by atoms with Crippen molar-refractivity contribution in [2.45, 2.75) is 70.7 Å². The van der Waals surface area contributed by atoms with Crippen LogP contribution >= 0.6 is 0 Å². The number of aliphatic hydroxyl groups excluding tert-OH is 1. The average Bonchev–Trinajstić information content (AvgIpc) is 3.50. The second kappa shape index (κ2) is 6.05. The summed E-state index contributed by atoms with van der Waals surface area (Å²) in [5, 5.41) is 10.6. The number of hydrogen-bond donors (Lipinski definition) is 1. The molecule has 4 fully saturated rings. The Morgan fingerprint density at radius 3 is 2.54 bits per heavy atom. The highest BCUT2D eigenvalue weighted by Gasteiger charge is 2.66. The number of carbonyl (C=O) groups is 1. The summed E-state index contributed by atoms with van der Waals surface area (Å²) in [7, 11) is 1.42. The Bertz CT molecular complexity index is 616. The lowest BCUT2D eigenvalue weighted by atomic mass is 9.45. The Kier molecular flexibility index (Phi) is 4.29. The van der Waals surface area contributed by atoms with Crippen molar-refractivity contribution in [1.82, 2.24) is 0 Å². The van der Waals surface area contributed by atoms with Crippen LogP contribution in [0.1, 0.15) is 52.9 Å². The van der Waals surface area contributed by atoms with Crippen LogP contribution in [0.2, 0.25) is 0 Å². The molecule has 2 aliphatic carbocycles. The predicted octanol–water partition coefficient (Wildman–Crippen LogP) is 2.86. The maximum Gasteiger partial charge on any atom is 0.336 e. The minimum absolute atomic E-state index is 0.0360. The zero-order chi connectivity index (χ0) is 18.7. The van der Waals surface area contributed by atoms with E-state index >= 15 is 0 Å². The number of fused-ring (bicyclic) bond motifs is 1. The first-order chi connectivity index (χ1) is 12.2. The minimum atomic E-state index is -0.282. The van der Waals surface area contributed by atoms with Gasteiger partial charge in [-0.25, -0.2) is 4.79 Å². The predicted molar refractivity (Wildman–Crippen MR) is 96.5 cm³/mol. The van der Waals surface area contributed by atoms with Crippen molar-refractivity contribution in [2.24, 2.45) is 22.7 Å². The Labute approximate surface area is 156 Å². The van der Waals surface area contributed by atoms with E-state index in [1.165, 1.54) is 7.11 Å². The molecule has 0 radical (unpaired) electrons. The largest absolute Gasteiger partial charge is 0.466 e. The molecule has 6 unspecified atom stereocenters. The maximum atomic E-state index is 12.1. The van der Waals surface area contributed by atoms with E-state index in [0.717, 1.165) is 38.7 Å². The van der Waals surface area contributed by atoms with E-state index in [4.69, 9.17) is 14.2 Å². The fourth-order valence-electron chi connectivity index (χ4n) is 6.22. The molecule has 146 valence electrons. The van der Waals surface area contributed by atoms with E-state index < -0.39 is 0 Å². The van der Waals surface area contributed by atoms with Crippen LogP contribution in [0.15, 0.2) is 11.6 Å². The van der Waals surface area contributed by atoms with Crippen LogP contribution in [0.5, 0.6) is 0 Å². The van der Waals surface area contributed by atoms with Crippen LogP contribution in [-0.2, 0) is 19.0 Å². The molecule has 0 aromatic heterocycles. The van der Waals surface area contributed by atoms with E-state index in [1.54, 1.807) is 0 Å². The number of carbonyl (C=O) groups excluding carboxylic acids is 1. The first-order valence-electron chi connectivity index (χ1n) is 9.96. The average molecular weight is 364 g/mol. The molecule has 1 N–H and O–H groups in total. The highest BCUT2D eigenvalue weighted by Crippen LogP contribution is 2.66. The van der Waals surface area contributed by atoms with Crippen molar-refractivity contribution >= 4 is 5.97 Å². The molecule has 26 heavy (non-hydrogen) atoms. The number of aliphatic hydroxyl groups is 1. The number of rotatable bonds is 4. The maximum absolute atomic E-state index is 12.1. The Hall–Kier alpha value is -0.910. The van der Waals surface area contributed by atoms with Crippen molar-refractivity contribution in [2.75, 3.05) is 20.3 Å². The minimum Gasteiger partial charge on any atom is -0.466 e. The molecule has 5 nitrogen and oxygen atoms in total. The third-order valence-corrected chi connectivity index (χ3v) is 7.99. The number of esters is 1. The zero-order valence-corrected chi connectivity index (χ0v) is 16.4. The topological polar surface area (TPSA) is 71.6 Å². The SMILES string of the molecule is COC(=O)C(=CCC1C2(CCC3C(C)(C)C(O)CCC13C)CO2)C1CO1. The summed E-state index contributed by atoms with van der Waals surface area (Å²) < 4.78 is 16.3. The van der Waals surface area contributed by atoms with Gasteiger partial charge < -0.3 is 19.3 Å². The number of ether oxygens (including phenoxy) is 3. The quantitative estimate of drug-likeness (QED) is 0.472. The standard InChI is InChI=1S/C21H32O5/c1-19(2)15-7-10-21(12-26-21)16(20(15,3)9-8-17(19)22)6-5-13(14-11-25-14)18(23)24-4/h5,14-17,22H,6-12H2,1-4H3. The van der Waals surface area contributed by atoms with Crippen molar-refractivity contribution in [3.63, 3.8) is 0 Å². The van der Waals surface area contributed by atoms with Gasteiger partial charge in [0.05, 0.1) is 37.6 Å². The van der Waals surface area contributed by atoms with Gasteiger partial charge in [-0.1, -0.05) is 26.8 Å². The fraction of sp³-hybridized carbons (Fsp3) is 0.857. The molecule has 0 amide bonds. The monoisotopic (exact) mass is 364 g/mol. The molecule has 2 saturated heterocycles. The normalized spacial score (nSPS) is 46.6. The molecule has 0 bridgehead atoms. The molecular weight excluding hydrogens is 332 g/mol. The summed E-state index contributed by atoms with van der Waals surface area (Å²) in [6, 6.07) is 0. The molecular formula is C21H32O5. The lowest BCUT2D eigenvalue weighted by molar-refractivity contribution is -0.153. The summed E-state index contributed by atoms with van der Waals surface area (Å²) in [6.45, 7) is 8.25. The van der Waals surface area contributed by atoms with Gasteiger partial charge in [-0.05, 0) is 54.8 Å². The number of methoxy groups -OCH3 is 1. The van der Waals surface area contributed by atoms with Gasteiger partial charge in [0, 0.05) is 0 Å². The van der Waals surface area contributed by atoms with Crippen LogP contribution in [0.4, 0.5) is 0 Å². The molecule has 4 aliphatic rings. The third-order valence-electron chi connectivity index (χ3n) is 7.99. The number of allylic oxidation sites excluding steroid dienone is 1. The summed E-state index contributed by atoms with van der Waals surface area (Å²) in [5.74, 6) is 0.542.